The summed E-state index contributed by atoms with van der Waals surface area (Å²) in [4.78, 5) is 24.1. The van der Waals surface area contributed by atoms with Crippen molar-refractivity contribution in [2.24, 2.45) is 23.7 Å². The first-order chi connectivity index (χ1) is 10.5. The van der Waals surface area contributed by atoms with Gasteiger partial charge in [0.2, 0.25) is 12.1 Å². The summed E-state index contributed by atoms with van der Waals surface area (Å²) in [6.07, 6.45) is 5.52. The van der Waals surface area contributed by atoms with E-state index >= 15 is 0 Å². The standard InChI is InChI=1S/C17H24O5/c1-4-5-11-13-7-6-10(2)12-8-9-16(3)20-15(19-14(11)18)17(12,13)22-21-16/h4,10-13,15H,1,5-9H2,2-3H3. The van der Waals surface area contributed by atoms with E-state index in [0.29, 0.717) is 18.3 Å². The molecule has 5 aliphatic rings. The number of hydrogen-bond acceptors (Lipinski definition) is 5. The predicted octanol–water partition coefficient (Wildman–Crippen LogP) is 2.95. The minimum atomic E-state index is -0.816. The van der Waals surface area contributed by atoms with Crippen molar-refractivity contribution in [2.45, 2.75) is 63.6 Å². The molecule has 4 heterocycles. The van der Waals surface area contributed by atoms with Crippen LogP contribution in [0.5, 0.6) is 0 Å². The van der Waals surface area contributed by atoms with Crippen LogP contribution in [0.15, 0.2) is 12.7 Å². The predicted molar refractivity (Wildman–Crippen MR) is 77.2 cm³/mol. The van der Waals surface area contributed by atoms with Crippen LogP contribution in [0.2, 0.25) is 0 Å². The first-order valence-electron chi connectivity index (χ1n) is 8.36. The van der Waals surface area contributed by atoms with Crippen molar-refractivity contribution in [3.8, 4) is 0 Å². The molecule has 7 unspecified atom stereocenters. The van der Waals surface area contributed by atoms with Crippen LogP contribution in [0.3, 0.4) is 0 Å². The molecule has 0 aromatic heterocycles. The van der Waals surface area contributed by atoms with Crippen molar-refractivity contribution in [1.82, 2.24) is 0 Å². The molecule has 5 heteroatoms. The monoisotopic (exact) mass is 308 g/mol. The molecule has 5 nitrogen and oxygen atoms in total. The molecule has 5 fully saturated rings. The Morgan fingerprint density at radius 2 is 2.09 bits per heavy atom. The molecule has 0 radical (unpaired) electrons. The Hall–Kier alpha value is -0.910. The topological polar surface area (TPSA) is 54.0 Å². The number of allylic oxidation sites excluding steroid dienone is 1. The molecule has 2 bridgehead atoms. The summed E-state index contributed by atoms with van der Waals surface area (Å²) < 4.78 is 11.8. The summed E-state index contributed by atoms with van der Waals surface area (Å²) >= 11 is 0. The van der Waals surface area contributed by atoms with Crippen molar-refractivity contribution in [3.63, 3.8) is 0 Å². The first-order valence-corrected chi connectivity index (χ1v) is 8.36. The highest BCUT2D eigenvalue weighted by Crippen LogP contribution is 2.60. The van der Waals surface area contributed by atoms with Gasteiger partial charge in [-0.05, 0) is 38.5 Å². The lowest BCUT2D eigenvalue weighted by Gasteiger charge is -2.58. The third-order valence-electron chi connectivity index (χ3n) is 6.21. The second-order valence-corrected chi connectivity index (χ2v) is 7.48. The maximum atomic E-state index is 12.5. The Morgan fingerprint density at radius 3 is 2.86 bits per heavy atom. The lowest BCUT2D eigenvalue weighted by Crippen LogP contribution is -2.69. The Kier molecular flexibility index (Phi) is 3.19. The molecule has 1 aliphatic carbocycles. The van der Waals surface area contributed by atoms with Crippen molar-refractivity contribution < 1.29 is 24.0 Å². The van der Waals surface area contributed by atoms with Gasteiger partial charge in [0.1, 0.15) is 0 Å². The summed E-state index contributed by atoms with van der Waals surface area (Å²) in [5.41, 5.74) is -0.657. The zero-order valence-electron chi connectivity index (χ0n) is 13.2. The summed E-state index contributed by atoms with van der Waals surface area (Å²) in [5.74, 6) is -0.343. The fourth-order valence-electron chi connectivity index (χ4n) is 5.06. The van der Waals surface area contributed by atoms with Crippen LogP contribution in [-0.2, 0) is 24.0 Å². The van der Waals surface area contributed by atoms with Crippen LogP contribution in [0.1, 0.15) is 46.0 Å². The maximum absolute atomic E-state index is 12.5. The number of ether oxygens (including phenoxy) is 2. The third kappa shape index (κ3) is 1.79. The van der Waals surface area contributed by atoms with Gasteiger partial charge in [-0.3, -0.25) is 4.79 Å². The summed E-state index contributed by atoms with van der Waals surface area (Å²) in [7, 11) is 0. The number of fused-ring (bicyclic) bond motifs is 2. The molecule has 0 N–H and O–H groups in total. The maximum Gasteiger partial charge on any atom is 0.312 e. The van der Waals surface area contributed by atoms with E-state index in [9.17, 15) is 4.79 Å². The molecule has 7 atom stereocenters. The second-order valence-electron chi connectivity index (χ2n) is 7.48. The van der Waals surface area contributed by atoms with Gasteiger partial charge in [-0.15, -0.1) is 6.58 Å². The van der Waals surface area contributed by atoms with Gasteiger partial charge in [0.25, 0.3) is 0 Å². The third-order valence-corrected chi connectivity index (χ3v) is 6.21. The number of rotatable bonds is 2. The lowest BCUT2D eigenvalue weighted by atomic mass is 9.57. The summed E-state index contributed by atoms with van der Waals surface area (Å²) in [6, 6.07) is 0. The zero-order chi connectivity index (χ0) is 15.5. The van der Waals surface area contributed by atoms with E-state index in [2.05, 4.69) is 13.5 Å². The van der Waals surface area contributed by atoms with Gasteiger partial charge in [-0.2, -0.15) is 0 Å². The highest BCUT2D eigenvalue weighted by atomic mass is 17.3. The Labute approximate surface area is 130 Å². The van der Waals surface area contributed by atoms with E-state index in [1.165, 1.54) is 0 Å². The van der Waals surface area contributed by atoms with Crippen LogP contribution < -0.4 is 0 Å². The number of carbonyl (C=O) groups excluding carboxylic acids is 1. The SMILES string of the molecule is C=CCC1C(=O)OC2OC3(C)CCC4C(C)CCC1C24OO3. The van der Waals surface area contributed by atoms with Gasteiger partial charge in [0, 0.05) is 18.3 Å². The second kappa shape index (κ2) is 4.79. The molecule has 1 saturated carbocycles. The van der Waals surface area contributed by atoms with Crippen molar-refractivity contribution >= 4 is 5.97 Å². The van der Waals surface area contributed by atoms with E-state index < -0.39 is 17.7 Å². The molecule has 0 amide bonds. The first kappa shape index (κ1) is 14.7. The summed E-state index contributed by atoms with van der Waals surface area (Å²) in [5, 5.41) is 0. The minimum Gasteiger partial charge on any atom is -0.432 e. The summed E-state index contributed by atoms with van der Waals surface area (Å²) in [6.45, 7) is 7.91. The van der Waals surface area contributed by atoms with Crippen molar-refractivity contribution in [3.05, 3.63) is 12.7 Å². The Balaban J connectivity index is 1.81. The van der Waals surface area contributed by atoms with E-state index in [1.54, 1.807) is 6.08 Å². The molecule has 0 aromatic rings. The van der Waals surface area contributed by atoms with Gasteiger partial charge in [0.15, 0.2) is 5.60 Å². The van der Waals surface area contributed by atoms with Crippen LogP contribution in [-0.4, -0.2) is 23.6 Å². The molecule has 0 aromatic carbocycles. The quantitative estimate of drug-likeness (QED) is 0.446. The van der Waals surface area contributed by atoms with Gasteiger partial charge in [-0.25, -0.2) is 9.78 Å². The molecular weight excluding hydrogens is 284 g/mol. The van der Waals surface area contributed by atoms with Gasteiger partial charge < -0.3 is 9.47 Å². The van der Waals surface area contributed by atoms with Crippen LogP contribution in [0, 0.1) is 23.7 Å². The highest BCUT2D eigenvalue weighted by molar-refractivity contribution is 5.74. The van der Waals surface area contributed by atoms with E-state index in [0.717, 1.165) is 25.7 Å². The Morgan fingerprint density at radius 1 is 1.27 bits per heavy atom. The molecule has 22 heavy (non-hydrogen) atoms. The van der Waals surface area contributed by atoms with Crippen molar-refractivity contribution in [2.75, 3.05) is 0 Å². The fourth-order valence-corrected chi connectivity index (χ4v) is 5.06. The molecule has 5 rings (SSSR count). The molecule has 122 valence electrons. The van der Waals surface area contributed by atoms with Crippen LogP contribution in [0.25, 0.3) is 0 Å². The van der Waals surface area contributed by atoms with Crippen LogP contribution in [0.4, 0.5) is 0 Å². The van der Waals surface area contributed by atoms with E-state index in [-0.39, 0.29) is 17.8 Å². The van der Waals surface area contributed by atoms with Gasteiger partial charge in [-0.1, -0.05) is 13.0 Å². The molecule has 4 saturated heterocycles. The van der Waals surface area contributed by atoms with Crippen LogP contribution >= 0.6 is 0 Å². The highest BCUT2D eigenvalue weighted by Gasteiger charge is 2.70. The zero-order valence-corrected chi connectivity index (χ0v) is 13.2. The van der Waals surface area contributed by atoms with Gasteiger partial charge >= 0.3 is 5.97 Å². The smallest absolute Gasteiger partial charge is 0.312 e. The lowest BCUT2D eigenvalue weighted by molar-refractivity contribution is -0.559. The number of esters is 1. The van der Waals surface area contributed by atoms with E-state index in [4.69, 9.17) is 19.2 Å². The molecular formula is C17H24O5. The average Bonchev–Trinajstić information content (AvgIpc) is 2.70. The fraction of sp³-hybridized carbons (Fsp3) is 0.824. The molecule has 1 spiro atoms. The Bertz CT molecular complexity index is 505. The number of carbonyl (C=O) groups is 1. The largest absolute Gasteiger partial charge is 0.432 e. The van der Waals surface area contributed by atoms with Crippen molar-refractivity contribution in [1.29, 1.82) is 0 Å². The average molecular weight is 308 g/mol. The van der Waals surface area contributed by atoms with E-state index in [1.807, 2.05) is 6.92 Å². The minimum absolute atomic E-state index is 0.0700. The number of hydrogen-bond donors (Lipinski definition) is 0. The normalized spacial score (nSPS) is 53.4. The molecule has 4 aliphatic heterocycles. The van der Waals surface area contributed by atoms with Gasteiger partial charge in [0.05, 0.1) is 5.92 Å².